The van der Waals surface area contributed by atoms with Crippen molar-refractivity contribution in [3.63, 3.8) is 0 Å². The molecule has 1 atom stereocenters. The number of nitrogens with zero attached hydrogens (tertiary/aromatic N) is 2. The van der Waals surface area contributed by atoms with Gasteiger partial charge in [0, 0.05) is 17.3 Å². The number of rotatable bonds is 5. The first-order valence-electron chi connectivity index (χ1n) is 9.24. The highest BCUT2D eigenvalue weighted by atomic mass is 79.9. The van der Waals surface area contributed by atoms with Crippen LogP contribution in [0.15, 0.2) is 32.3 Å². The number of amides is 1. The monoisotopic (exact) mass is 487 g/mol. The van der Waals surface area contributed by atoms with Crippen molar-refractivity contribution in [2.24, 2.45) is 0 Å². The number of benzene rings is 1. The molecule has 1 aromatic heterocycles. The van der Waals surface area contributed by atoms with Gasteiger partial charge in [-0.1, -0.05) is 6.07 Å². The molecular weight excluding hydrogens is 464 g/mol. The predicted molar refractivity (Wildman–Crippen MR) is 112 cm³/mol. The van der Waals surface area contributed by atoms with Crippen molar-refractivity contribution < 1.29 is 18.3 Å². The molecule has 2 rings (SSSR count). The molecule has 164 valence electrons. The number of halogens is 3. The molecule has 0 bridgehead atoms. The predicted octanol–water partition coefficient (Wildman–Crippen LogP) is 3.32. The molecule has 0 saturated carbocycles. The maximum atomic E-state index is 14.1. The lowest BCUT2D eigenvalue weighted by molar-refractivity contribution is 0.0503. The largest absolute Gasteiger partial charge is 0.444 e. The molecule has 2 aromatic rings. The molecule has 1 aromatic carbocycles. The zero-order chi connectivity index (χ0) is 22.8. The van der Waals surface area contributed by atoms with Crippen LogP contribution in [-0.2, 0) is 17.8 Å². The minimum atomic E-state index is -0.796. The van der Waals surface area contributed by atoms with Crippen molar-refractivity contribution in [1.29, 1.82) is 0 Å². The Balaban J connectivity index is 2.39. The number of nitrogens with one attached hydrogen (secondary N) is 1. The second-order valence-electron chi connectivity index (χ2n) is 7.93. The molecule has 1 amide bonds. The van der Waals surface area contributed by atoms with E-state index in [2.05, 4.69) is 21.2 Å². The Morgan fingerprint density at radius 1 is 1.20 bits per heavy atom. The molecule has 0 fully saturated rings. The minimum absolute atomic E-state index is 0.0864. The highest BCUT2D eigenvalue weighted by molar-refractivity contribution is 9.10. The lowest BCUT2D eigenvalue weighted by Gasteiger charge is -2.22. The number of aromatic nitrogens is 2. The molecule has 0 unspecified atom stereocenters. The van der Waals surface area contributed by atoms with E-state index in [1.54, 1.807) is 27.7 Å². The van der Waals surface area contributed by atoms with E-state index in [1.807, 2.05) is 0 Å². The third-order valence-corrected chi connectivity index (χ3v) is 5.13. The Morgan fingerprint density at radius 2 is 1.77 bits per heavy atom. The summed E-state index contributed by atoms with van der Waals surface area (Å²) in [6.45, 7) is 7.67. The van der Waals surface area contributed by atoms with Gasteiger partial charge in [-0.2, -0.15) is 0 Å². The van der Waals surface area contributed by atoms with E-state index >= 15 is 0 Å². The molecule has 0 aliphatic heterocycles. The highest BCUT2D eigenvalue weighted by Crippen LogP contribution is 2.16. The van der Waals surface area contributed by atoms with Gasteiger partial charge < -0.3 is 10.1 Å². The first-order valence-corrected chi connectivity index (χ1v) is 10.0. The van der Waals surface area contributed by atoms with Crippen LogP contribution in [0, 0.1) is 18.6 Å². The van der Waals surface area contributed by atoms with Crippen LogP contribution >= 0.6 is 15.9 Å². The standard InChI is InChI=1S/C20H24BrF2N3O4/c1-11(24-18(28)30-20(3,4)5)9-26-17(27)16(21)12(2)25(19(26)29)10-13-14(22)7-6-8-15(13)23/h6-8,11H,9-10H2,1-5H3,(H,24,28)/t11-/m1/s1. The van der Waals surface area contributed by atoms with E-state index in [0.717, 1.165) is 21.3 Å². The summed E-state index contributed by atoms with van der Waals surface area (Å²) < 4.78 is 35.4. The zero-order valence-corrected chi connectivity index (χ0v) is 19.0. The summed E-state index contributed by atoms with van der Waals surface area (Å²) in [5, 5.41) is 2.56. The quantitative estimate of drug-likeness (QED) is 0.701. The first-order chi connectivity index (χ1) is 13.8. The van der Waals surface area contributed by atoms with Crippen LogP contribution < -0.4 is 16.6 Å². The van der Waals surface area contributed by atoms with Crippen LogP contribution in [-0.4, -0.2) is 26.9 Å². The van der Waals surface area contributed by atoms with Crippen molar-refractivity contribution in [3.8, 4) is 0 Å². The van der Waals surface area contributed by atoms with Crippen molar-refractivity contribution in [3.05, 3.63) is 66.4 Å². The molecular formula is C20H24BrF2N3O4. The lowest BCUT2D eigenvalue weighted by Crippen LogP contribution is -2.47. The van der Waals surface area contributed by atoms with Crippen LogP contribution in [0.1, 0.15) is 39.0 Å². The van der Waals surface area contributed by atoms with E-state index in [-0.39, 0.29) is 22.3 Å². The van der Waals surface area contributed by atoms with Gasteiger partial charge in [0.15, 0.2) is 0 Å². The van der Waals surface area contributed by atoms with Crippen LogP contribution in [0.3, 0.4) is 0 Å². The fourth-order valence-corrected chi connectivity index (χ4v) is 3.21. The number of carbonyl (C=O) groups is 1. The molecule has 0 spiro atoms. The average molecular weight is 488 g/mol. The zero-order valence-electron chi connectivity index (χ0n) is 17.4. The van der Waals surface area contributed by atoms with Crippen molar-refractivity contribution in [2.75, 3.05) is 0 Å². The van der Waals surface area contributed by atoms with Crippen molar-refractivity contribution >= 4 is 22.0 Å². The molecule has 30 heavy (non-hydrogen) atoms. The van der Waals surface area contributed by atoms with E-state index in [9.17, 15) is 23.2 Å². The van der Waals surface area contributed by atoms with Gasteiger partial charge in [0.25, 0.3) is 5.56 Å². The summed E-state index contributed by atoms with van der Waals surface area (Å²) in [5.41, 5.74) is -2.12. The van der Waals surface area contributed by atoms with Crippen molar-refractivity contribution in [1.82, 2.24) is 14.5 Å². The van der Waals surface area contributed by atoms with E-state index in [4.69, 9.17) is 4.74 Å². The number of carbonyl (C=O) groups excluding carboxylic acids is 1. The van der Waals surface area contributed by atoms with Gasteiger partial charge in [-0.15, -0.1) is 0 Å². The smallest absolute Gasteiger partial charge is 0.407 e. The summed E-state index contributed by atoms with van der Waals surface area (Å²) in [6, 6.07) is 2.79. The van der Waals surface area contributed by atoms with Crippen LogP contribution in [0.5, 0.6) is 0 Å². The topological polar surface area (TPSA) is 82.3 Å². The fourth-order valence-electron chi connectivity index (χ4n) is 2.78. The maximum Gasteiger partial charge on any atom is 0.407 e. The average Bonchev–Trinajstić information content (AvgIpc) is 2.61. The summed E-state index contributed by atoms with van der Waals surface area (Å²) >= 11 is 3.15. The van der Waals surface area contributed by atoms with E-state index in [1.165, 1.54) is 13.0 Å². The Labute approximate surface area is 180 Å². The van der Waals surface area contributed by atoms with Gasteiger partial charge >= 0.3 is 11.8 Å². The van der Waals surface area contributed by atoms with Gasteiger partial charge in [-0.25, -0.2) is 18.4 Å². The van der Waals surface area contributed by atoms with E-state index in [0.29, 0.717) is 0 Å². The van der Waals surface area contributed by atoms with E-state index < -0.39 is 47.2 Å². The maximum absolute atomic E-state index is 14.1. The molecule has 0 radical (unpaired) electrons. The summed E-state index contributed by atoms with van der Waals surface area (Å²) in [4.78, 5) is 37.5. The normalized spacial score (nSPS) is 12.5. The molecule has 10 heteroatoms. The summed E-state index contributed by atoms with van der Waals surface area (Å²) in [5.74, 6) is -1.59. The minimum Gasteiger partial charge on any atom is -0.444 e. The second-order valence-corrected chi connectivity index (χ2v) is 8.72. The van der Waals surface area contributed by atoms with Gasteiger partial charge in [0.1, 0.15) is 21.7 Å². The summed E-state index contributed by atoms with van der Waals surface area (Å²) in [6.07, 6.45) is -0.692. The van der Waals surface area contributed by atoms with Crippen molar-refractivity contribution in [2.45, 2.75) is 59.4 Å². The lowest BCUT2D eigenvalue weighted by atomic mass is 10.2. The molecule has 7 nitrogen and oxygen atoms in total. The molecule has 1 heterocycles. The summed E-state index contributed by atoms with van der Waals surface area (Å²) in [7, 11) is 0. The third kappa shape index (κ3) is 5.56. The number of hydrogen-bond donors (Lipinski definition) is 1. The highest BCUT2D eigenvalue weighted by Gasteiger charge is 2.21. The molecule has 0 aliphatic carbocycles. The fraction of sp³-hybridized carbons (Fsp3) is 0.450. The van der Waals surface area contributed by atoms with Gasteiger partial charge in [-0.05, 0) is 62.7 Å². The first kappa shape index (κ1) is 23.8. The second kappa shape index (κ2) is 9.11. The third-order valence-electron chi connectivity index (χ3n) is 4.21. The van der Waals surface area contributed by atoms with Gasteiger partial charge in [-0.3, -0.25) is 13.9 Å². The Hall–Kier alpha value is -2.49. The molecule has 0 aliphatic rings. The number of hydrogen-bond acceptors (Lipinski definition) is 4. The van der Waals surface area contributed by atoms with Crippen LogP contribution in [0.2, 0.25) is 0 Å². The Morgan fingerprint density at radius 3 is 2.30 bits per heavy atom. The number of ether oxygens (including phenoxy) is 1. The Bertz CT molecular complexity index is 1050. The van der Waals surface area contributed by atoms with Crippen LogP contribution in [0.25, 0.3) is 0 Å². The molecule has 0 saturated heterocycles. The van der Waals surface area contributed by atoms with Crippen LogP contribution in [0.4, 0.5) is 13.6 Å². The molecule has 1 N–H and O–H groups in total. The SMILES string of the molecule is Cc1c(Br)c(=O)n(C[C@@H](C)NC(=O)OC(C)(C)C)c(=O)n1Cc1c(F)cccc1F. The van der Waals surface area contributed by atoms with Gasteiger partial charge in [0.05, 0.1) is 13.1 Å². The Kier molecular flexibility index (Phi) is 7.23. The van der Waals surface area contributed by atoms with Gasteiger partial charge in [0.2, 0.25) is 0 Å². The number of alkyl carbamates (subject to hydrolysis) is 1.